The molecule has 130 valence electrons. The zero-order valence-electron chi connectivity index (χ0n) is 13.9. The highest BCUT2D eigenvalue weighted by Crippen LogP contribution is 2.26. The van der Waals surface area contributed by atoms with Gasteiger partial charge >= 0.3 is 0 Å². The minimum atomic E-state index is -0.0152. The third kappa shape index (κ3) is 4.16. The van der Waals surface area contributed by atoms with Crippen LogP contribution in [0.4, 0.5) is 0 Å². The van der Waals surface area contributed by atoms with Gasteiger partial charge in [-0.15, -0.1) is 12.4 Å². The van der Waals surface area contributed by atoms with Crippen molar-refractivity contribution in [3.63, 3.8) is 0 Å². The summed E-state index contributed by atoms with van der Waals surface area (Å²) in [5.41, 5.74) is 0.953. The molecule has 0 atom stereocenters. The quantitative estimate of drug-likeness (QED) is 0.886. The van der Waals surface area contributed by atoms with Gasteiger partial charge in [0, 0.05) is 24.2 Å². The molecule has 0 aliphatic carbocycles. The summed E-state index contributed by atoms with van der Waals surface area (Å²) >= 11 is 0. The predicted molar refractivity (Wildman–Crippen MR) is 98.7 cm³/mol. The van der Waals surface area contributed by atoms with Gasteiger partial charge in [0.05, 0.1) is 5.52 Å². The lowest BCUT2D eigenvalue weighted by Gasteiger charge is -2.34. The number of amides is 1. The molecular weight excluding hydrogens is 326 g/mol. The van der Waals surface area contributed by atoms with Gasteiger partial charge in [-0.1, -0.05) is 19.1 Å². The first-order valence-electron chi connectivity index (χ1n) is 8.13. The summed E-state index contributed by atoms with van der Waals surface area (Å²) in [7, 11) is 0. The number of piperidine rings is 1. The second-order valence-electron chi connectivity index (χ2n) is 6.66. The molecule has 1 aliphatic heterocycles. The van der Waals surface area contributed by atoms with E-state index in [-0.39, 0.29) is 35.7 Å². The summed E-state index contributed by atoms with van der Waals surface area (Å²) in [6.45, 7) is 5.18. The van der Waals surface area contributed by atoms with Crippen molar-refractivity contribution in [2.45, 2.75) is 26.3 Å². The van der Waals surface area contributed by atoms with Crippen LogP contribution in [0.15, 0.2) is 41.3 Å². The number of carbonyl (C=O) groups excluding carboxylic acids is 1. The Bertz CT molecular complexity index is 766. The van der Waals surface area contributed by atoms with Gasteiger partial charge in [0.2, 0.25) is 5.91 Å². The van der Waals surface area contributed by atoms with Crippen LogP contribution in [-0.2, 0) is 11.3 Å². The Kier molecular flexibility index (Phi) is 6.02. The van der Waals surface area contributed by atoms with Crippen LogP contribution in [-0.4, -0.2) is 30.1 Å². The van der Waals surface area contributed by atoms with Crippen LogP contribution in [0, 0.1) is 5.41 Å². The maximum atomic E-state index is 12.3. The monoisotopic (exact) mass is 349 g/mol. The largest absolute Gasteiger partial charge is 0.354 e. The molecule has 2 aromatic rings. The van der Waals surface area contributed by atoms with Gasteiger partial charge in [-0.2, -0.15) is 0 Å². The molecule has 0 spiro atoms. The number of nitrogens with one attached hydrogen (secondary N) is 2. The van der Waals surface area contributed by atoms with E-state index < -0.39 is 0 Å². The minimum Gasteiger partial charge on any atom is -0.354 e. The number of carbonyl (C=O) groups is 1. The van der Waals surface area contributed by atoms with Crippen molar-refractivity contribution in [2.75, 3.05) is 19.6 Å². The molecule has 3 rings (SSSR count). The van der Waals surface area contributed by atoms with E-state index in [1.807, 2.05) is 22.8 Å². The van der Waals surface area contributed by atoms with Crippen molar-refractivity contribution in [2.24, 2.45) is 5.41 Å². The highest BCUT2D eigenvalue weighted by molar-refractivity contribution is 5.85. The molecule has 0 unspecified atom stereocenters. The molecular formula is C18H24ClN3O2. The highest BCUT2D eigenvalue weighted by Gasteiger charge is 2.26. The molecule has 5 nitrogen and oxygen atoms in total. The van der Waals surface area contributed by atoms with Crippen LogP contribution < -0.4 is 16.1 Å². The summed E-state index contributed by atoms with van der Waals surface area (Å²) in [6.07, 6.45) is 3.85. The topological polar surface area (TPSA) is 63.1 Å². The van der Waals surface area contributed by atoms with Gasteiger partial charge in [0.1, 0.15) is 6.54 Å². The van der Waals surface area contributed by atoms with Crippen LogP contribution in [0.2, 0.25) is 0 Å². The summed E-state index contributed by atoms with van der Waals surface area (Å²) in [6, 6.07) is 8.91. The van der Waals surface area contributed by atoms with Crippen molar-refractivity contribution < 1.29 is 4.79 Å². The fourth-order valence-electron chi connectivity index (χ4n) is 3.13. The van der Waals surface area contributed by atoms with E-state index >= 15 is 0 Å². The normalized spacial score (nSPS) is 16.4. The van der Waals surface area contributed by atoms with E-state index in [4.69, 9.17) is 0 Å². The van der Waals surface area contributed by atoms with E-state index in [1.165, 1.54) is 6.07 Å². The zero-order valence-corrected chi connectivity index (χ0v) is 14.7. The number of hydrogen-bond donors (Lipinski definition) is 2. The summed E-state index contributed by atoms with van der Waals surface area (Å²) in [5, 5.41) is 7.05. The van der Waals surface area contributed by atoms with Gasteiger partial charge in [0.25, 0.3) is 0 Å². The number of benzene rings is 1. The van der Waals surface area contributed by atoms with Crippen molar-refractivity contribution in [1.82, 2.24) is 15.2 Å². The lowest BCUT2D eigenvalue weighted by atomic mass is 9.81. The van der Waals surface area contributed by atoms with Gasteiger partial charge in [-0.3, -0.25) is 9.59 Å². The molecule has 1 aromatic carbocycles. The van der Waals surface area contributed by atoms with E-state index in [0.717, 1.165) is 31.4 Å². The number of hydrogen-bond acceptors (Lipinski definition) is 3. The Morgan fingerprint density at radius 1 is 1.25 bits per heavy atom. The number of aromatic nitrogens is 1. The summed E-state index contributed by atoms with van der Waals surface area (Å²) in [5.74, 6) is -0.0152. The van der Waals surface area contributed by atoms with Gasteiger partial charge in [-0.05, 0) is 43.5 Å². The van der Waals surface area contributed by atoms with Crippen LogP contribution in [0.5, 0.6) is 0 Å². The molecule has 1 aromatic heterocycles. The van der Waals surface area contributed by atoms with Crippen molar-refractivity contribution in [3.05, 3.63) is 46.8 Å². The number of para-hydroxylation sites is 1. The molecule has 1 amide bonds. The molecule has 24 heavy (non-hydrogen) atoms. The molecule has 6 heteroatoms. The van der Waals surface area contributed by atoms with Crippen molar-refractivity contribution in [3.8, 4) is 0 Å². The van der Waals surface area contributed by atoms with Crippen molar-refractivity contribution in [1.29, 1.82) is 0 Å². The van der Waals surface area contributed by atoms with Gasteiger partial charge < -0.3 is 15.2 Å². The van der Waals surface area contributed by atoms with Crippen molar-refractivity contribution >= 4 is 29.2 Å². The molecule has 0 bridgehead atoms. The molecule has 1 aliphatic rings. The molecule has 2 N–H and O–H groups in total. The Balaban J connectivity index is 0.00000208. The van der Waals surface area contributed by atoms with Gasteiger partial charge in [-0.25, -0.2) is 0 Å². The first kappa shape index (κ1) is 18.5. The molecule has 2 heterocycles. The standard InChI is InChI=1S/C18H23N3O2.ClH/c1-18(7-9-19-10-8-18)13-20-17(23)12-21-11-6-16(22)14-4-2-3-5-15(14)21;/h2-6,11,19H,7-10,12-13H2,1H3,(H,20,23);1H. The first-order valence-corrected chi connectivity index (χ1v) is 8.13. The average Bonchev–Trinajstić information content (AvgIpc) is 2.57. The Morgan fingerprint density at radius 2 is 1.96 bits per heavy atom. The van der Waals surface area contributed by atoms with Crippen LogP contribution in [0.1, 0.15) is 19.8 Å². The highest BCUT2D eigenvalue weighted by atomic mass is 35.5. The average molecular weight is 350 g/mol. The molecule has 0 saturated carbocycles. The molecule has 1 fully saturated rings. The number of fused-ring (bicyclic) bond motifs is 1. The van der Waals surface area contributed by atoms with Gasteiger partial charge in [0.15, 0.2) is 5.43 Å². The number of pyridine rings is 1. The molecule has 1 saturated heterocycles. The summed E-state index contributed by atoms with van der Waals surface area (Å²) in [4.78, 5) is 24.2. The molecule has 0 radical (unpaired) electrons. The maximum absolute atomic E-state index is 12.3. The first-order chi connectivity index (χ1) is 11.1. The number of halogens is 1. The smallest absolute Gasteiger partial charge is 0.239 e. The van der Waals surface area contributed by atoms with Crippen LogP contribution in [0.25, 0.3) is 10.9 Å². The van der Waals surface area contributed by atoms with E-state index in [9.17, 15) is 9.59 Å². The Morgan fingerprint density at radius 3 is 2.71 bits per heavy atom. The van der Waals surface area contributed by atoms with Crippen LogP contribution >= 0.6 is 12.4 Å². The lowest BCUT2D eigenvalue weighted by molar-refractivity contribution is -0.122. The Labute approximate surface area is 147 Å². The fourth-order valence-corrected chi connectivity index (χ4v) is 3.13. The fraction of sp³-hybridized carbons (Fsp3) is 0.444. The van der Waals surface area contributed by atoms with E-state index in [0.29, 0.717) is 11.9 Å². The lowest BCUT2D eigenvalue weighted by Crippen LogP contribution is -2.43. The number of rotatable bonds is 4. The maximum Gasteiger partial charge on any atom is 0.239 e. The third-order valence-electron chi connectivity index (χ3n) is 4.72. The Hall–Kier alpha value is -1.85. The minimum absolute atomic E-state index is 0. The second kappa shape index (κ2) is 7.81. The third-order valence-corrected chi connectivity index (χ3v) is 4.72. The van der Waals surface area contributed by atoms with E-state index in [2.05, 4.69) is 17.6 Å². The summed E-state index contributed by atoms with van der Waals surface area (Å²) < 4.78 is 1.83. The predicted octanol–water partition coefficient (Wildman–Crippen LogP) is 1.93. The van der Waals surface area contributed by atoms with E-state index in [1.54, 1.807) is 12.3 Å². The number of nitrogens with zero attached hydrogens (tertiary/aromatic N) is 1. The van der Waals surface area contributed by atoms with Crippen LogP contribution in [0.3, 0.4) is 0 Å². The second-order valence-corrected chi connectivity index (χ2v) is 6.66. The zero-order chi connectivity index (χ0) is 16.3. The SMILES string of the molecule is CC1(CNC(=O)Cn2ccc(=O)c3ccccc32)CCNCC1.Cl.